The molecule has 1 N–H and O–H groups in total. The van der Waals surface area contributed by atoms with Crippen LogP contribution in [-0.2, 0) is 0 Å². The van der Waals surface area contributed by atoms with E-state index in [4.69, 9.17) is 9.72 Å². The fourth-order valence-electron chi connectivity index (χ4n) is 3.65. The molecule has 5 nitrogen and oxygen atoms in total. The first-order valence-electron chi connectivity index (χ1n) is 10.3. The highest BCUT2D eigenvalue weighted by atomic mass is 32.1. The molecular weight excluding hydrogens is 382 g/mol. The van der Waals surface area contributed by atoms with Gasteiger partial charge in [-0.15, -0.1) is 11.3 Å². The standard InChI is InChI=1S/C23H27N3O2S/c1-3-14-28-20-15-16(2)8-9-18(20)25-23(27)26-12-10-17(11-13-26)22-24-19-6-4-5-7-21(19)29-22/h4-9,15,17H,3,10-14H2,1-2H3,(H,25,27). The molecule has 2 heterocycles. The number of ether oxygens (including phenoxy) is 1. The van der Waals surface area contributed by atoms with Crippen LogP contribution in [0.4, 0.5) is 10.5 Å². The van der Waals surface area contributed by atoms with E-state index >= 15 is 0 Å². The van der Waals surface area contributed by atoms with Gasteiger partial charge in [0.05, 0.1) is 27.5 Å². The van der Waals surface area contributed by atoms with Crippen LogP contribution in [-0.4, -0.2) is 35.6 Å². The number of likely N-dealkylation sites (tertiary alicyclic amines) is 1. The van der Waals surface area contributed by atoms with Gasteiger partial charge < -0.3 is 15.0 Å². The molecule has 6 heteroatoms. The topological polar surface area (TPSA) is 54.5 Å². The maximum absolute atomic E-state index is 12.8. The summed E-state index contributed by atoms with van der Waals surface area (Å²) >= 11 is 1.78. The van der Waals surface area contributed by atoms with Gasteiger partial charge in [0.2, 0.25) is 0 Å². The van der Waals surface area contributed by atoms with E-state index in [2.05, 4.69) is 30.4 Å². The van der Waals surface area contributed by atoms with Crippen molar-refractivity contribution in [3.63, 3.8) is 0 Å². The number of hydrogen-bond acceptors (Lipinski definition) is 4. The van der Waals surface area contributed by atoms with Gasteiger partial charge in [-0.1, -0.05) is 25.1 Å². The third-order valence-corrected chi connectivity index (χ3v) is 6.48. The van der Waals surface area contributed by atoms with Gasteiger partial charge in [0.15, 0.2) is 0 Å². The zero-order valence-electron chi connectivity index (χ0n) is 17.0. The molecular formula is C23H27N3O2S. The van der Waals surface area contributed by atoms with E-state index in [1.165, 1.54) is 9.71 Å². The number of amides is 2. The first-order valence-corrected chi connectivity index (χ1v) is 11.1. The Labute approximate surface area is 175 Å². The van der Waals surface area contributed by atoms with E-state index in [-0.39, 0.29) is 6.03 Å². The van der Waals surface area contributed by atoms with Crippen molar-refractivity contribution in [3.05, 3.63) is 53.0 Å². The van der Waals surface area contributed by atoms with E-state index in [1.54, 1.807) is 11.3 Å². The lowest BCUT2D eigenvalue weighted by molar-refractivity contribution is 0.194. The van der Waals surface area contributed by atoms with Crippen LogP contribution >= 0.6 is 11.3 Å². The van der Waals surface area contributed by atoms with Crippen LogP contribution in [0.15, 0.2) is 42.5 Å². The number of hydrogen-bond donors (Lipinski definition) is 1. The van der Waals surface area contributed by atoms with E-state index < -0.39 is 0 Å². The number of rotatable bonds is 5. The van der Waals surface area contributed by atoms with Crippen molar-refractivity contribution >= 4 is 33.3 Å². The van der Waals surface area contributed by atoms with Crippen molar-refractivity contribution in [2.45, 2.75) is 39.0 Å². The predicted molar refractivity (Wildman–Crippen MR) is 119 cm³/mol. The Hall–Kier alpha value is -2.60. The summed E-state index contributed by atoms with van der Waals surface area (Å²) in [6, 6.07) is 14.1. The number of nitrogens with zero attached hydrogens (tertiary/aromatic N) is 2. The van der Waals surface area contributed by atoms with Gasteiger partial charge in [-0.25, -0.2) is 9.78 Å². The molecule has 0 radical (unpaired) electrons. The van der Waals surface area contributed by atoms with Gasteiger partial charge in [-0.2, -0.15) is 0 Å². The Balaban J connectivity index is 1.38. The van der Waals surface area contributed by atoms with Crippen LogP contribution in [0, 0.1) is 6.92 Å². The molecule has 2 aromatic carbocycles. The van der Waals surface area contributed by atoms with Crippen molar-refractivity contribution in [2.75, 3.05) is 25.0 Å². The summed E-state index contributed by atoms with van der Waals surface area (Å²) in [7, 11) is 0. The highest BCUT2D eigenvalue weighted by Crippen LogP contribution is 2.34. The molecule has 0 bridgehead atoms. The lowest BCUT2D eigenvalue weighted by Crippen LogP contribution is -2.40. The molecule has 1 aliphatic heterocycles. The average Bonchev–Trinajstić information content (AvgIpc) is 3.18. The minimum atomic E-state index is -0.0575. The summed E-state index contributed by atoms with van der Waals surface area (Å²) in [5.41, 5.74) is 2.93. The third kappa shape index (κ3) is 4.53. The van der Waals surface area contributed by atoms with Crippen molar-refractivity contribution in [3.8, 4) is 5.75 Å². The van der Waals surface area contributed by atoms with Crippen molar-refractivity contribution < 1.29 is 9.53 Å². The molecule has 152 valence electrons. The van der Waals surface area contributed by atoms with Crippen LogP contribution in [0.5, 0.6) is 5.75 Å². The second-order valence-corrected chi connectivity index (χ2v) is 8.62. The molecule has 0 spiro atoms. The molecule has 2 amide bonds. The number of aromatic nitrogens is 1. The van der Waals surface area contributed by atoms with Crippen LogP contribution in [0.25, 0.3) is 10.2 Å². The fraction of sp³-hybridized carbons (Fsp3) is 0.391. The van der Waals surface area contributed by atoms with Gasteiger partial charge >= 0.3 is 6.03 Å². The molecule has 0 saturated carbocycles. The van der Waals surface area contributed by atoms with E-state index in [1.807, 2.05) is 36.1 Å². The summed E-state index contributed by atoms with van der Waals surface area (Å²) < 4.78 is 7.06. The highest BCUT2D eigenvalue weighted by Gasteiger charge is 2.26. The summed E-state index contributed by atoms with van der Waals surface area (Å²) in [5, 5.41) is 4.24. The van der Waals surface area contributed by atoms with E-state index in [0.717, 1.165) is 54.9 Å². The molecule has 1 saturated heterocycles. The third-order valence-electron chi connectivity index (χ3n) is 5.28. The normalized spacial score (nSPS) is 14.9. The quantitative estimate of drug-likeness (QED) is 0.579. The van der Waals surface area contributed by atoms with Crippen molar-refractivity contribution in [1.29, 1.82) is 0 Å². The smallest absolute Gasteiger partial charge is 0.321 e. The maximum atomic E-state index is 12.8. The summed E-state index contributed by atoms with van der Waals surface area (Å²) in [4.78, 5) is 19.5. The predicted octanol–water partition coefficient (Wildman–Crippen LogP) is 5.81. The van der Waals surface area contributed by atoms with Gasteiger partial charge in [0.1, 0.15) is 5.75 Å². The van der Waals surface area contributed by atoms with Crippen LogP contribution in [0.3, 0.4) is 0 Å². The number of fused-ring (bicyclic) bond motifs is 1. The van der Waals surface area contributed by atoms with Crippen LogP contribution in [0.2, 0.25) is 0 Å². The van der Waals surface area contributed by atoms with E-state index in [9.17, 15) is 4.79 Å². The number of anilines is 1. The van der Waals surface area contributed by atoms with Gasteiger partial charge in [-0.3, -0.25) is 0 Å². The second-order valence-electron chi connectivity index (χ2n) is 7.56. The number of para-hydroxylation sites is 1. The Bertz CT molecular complexity index is 960. The fourth-order valence-corrected chi connectivity index (χ4v) is 4.79. The van der Waals surface area contributed by atoms with E-state index in [0.29, 0.717) is 12.5 Å². The number of thiazole rings is 1. The molecule has 1 aromatic heterocycles. The Morgan fingerprint density at radius 3 is 2.79 bits per heavy atom. The SMILES string of the molecule is CCCOc1cc(C)ccc1NC(=O)N1CCC(c2nc3ccccc3s2)CC1. The lowest BCUT2D eigenvalue weighted by atomic mass is 9.98. The summed E-state index contributed by atoms with van der Waals surface area (Å²) in [6.07, 6.45) is 2.82. The first-order chi connectivity index (χ1) is 14.1. The molecule has 0 atom stereocenters. The number of carbonyl (C=O) groups excluding carboxylic acids is 1. The highest BCUT2D eigenvalue weighted by molar-refractivity contribution is 7.18. The Kier molecular flexibility index (Phi) is 6.00. The number of urea groups is 1. The minimum Gasteiger partial charge on any atom is -0.491 e. The minimum absolute atomic E-state index is 0.0575. The maximum Gasteiger partial charge on any atom is 0.321 e. The van der Waals surface area contributed by atoms with Gasteiger partial charge in [0, 0.05) is 19.0 Å². The zero-order chi connectivity index (χ0) is 20.2. The molecule has 0 aliphatic carbocycles. The largest absolute Gasteiger partial charge is 0.491 e. The van der Waals surface area contributed by atoms with Gasteiger partial charge in [-0.05, 0) is 56.0 Å². The van der Waals surface area contributed by atoms with Crippen LogP contribution in [0.1, 0.15) is 42.7 Å². The van der Waals surface area contributed by atoms with Crippen LogP contribution < -0.4 is 10.1 Å². The van der Waals surface area contributed by atoms with Gasteiger partial charge in [0.25, 0.3) is 0 Å². The zero-order valence-corrected chi connectivity index (χ0v) is 17.8. The molecule has 1 fully saturated rings. The average molecular weight is 410 g/mol. The monoisotopic (exact) mass is 409 g/mol. The molecule has 3 aromatic rings. The Morgan fingerprint density at radius 1 is 1.24 bits per heavy atom. The number of piperidine rings is 1. The lowest BCUT2D eigenvalue weighted by Gasteiger charge is -2.31. The Morgan fingerprint density at radius 2 is 2.03 bits per heavy atom. The molecule has 0 unspecified atom stereocenters. The number of nitrogens with one attached hydrogen (secondary N) is 1. The van der Waals surface area contributed by atoms with Crippen molar-refractivity contribution in [2.24, 2.45) is 0 Å². The number of benzene rings is 2. The van der Waals surface area contributed by atoms with Crippen molar-refractivity contribution in [1.82, 2.24) is 9.88 Å². The second kappa shape index (κ2) is 8.82. The summed E-state index contributed by atoms with van der Waals surface area (Å²) in [6.45, 7) is 6.22. The number of aryl methyl sites for hydroxylation is 1. The number of carbonyl (C=O) groups is 1. The summed E-state index contributed by atoms with van der Waals surface area (Å²) in [5.74, 6) is 1.17. The molecule has 4 rings (SSSR count). The first kappa shape index (κ1) is 19.7. The molecule has 1 aliphatic rings. The molecule has 29 heavy (non-hydrogen) atoms.